The molecule has 0 saturated carbocycles. The number of hydrogen-bond donors (Lipinski definition) is 2. The van der Waals surface area contributed by atoms with Crippen molar-refractivity contribution in [3.05, 3.63) is 12.7 Å². The summed E-state index contributed by atoms with van der Waals surface area (Å²) < 4.78 is 0. The van der Waals surface area contributed by atoms with E-state index in [0.29, 0.717) is 6.54 Å². The number of aliphatic carboxylic acids is 1. The van der Waals surface area contributed by atoms with E-state index in [2.05, 4.69) is 11.9 Å². The lowest BCUT2D eigenvalue weighted by molar-refractivity contribution is -0.137. The number of unbranched alkanes of at least 4 members (excludes halogenated alkanes) is 1. The van der Waals surface area contributed by atoms with Crippen LogP contribution in [0.15, 0.2) is 12.7 Å². The Kier molecular flexibility index (Phi) is 8.26. The lowest BCUT2D eigenvalue weighted by Crippen LogP contribution is -2.41. The first kappa shape index (κ1) is 16.1. The Morgan fingerprint density at radius 1 is 1.28 bits per heavy atom. The molecular formula is C12H20N2O4. The highest BCUT2D eigenvalue weighted by Gasteiger charge is 2.12. The van der Waals surface area contributed by atoms with Crippen molar-refractivity contribution in [2.24, 2.45) is 0 Å². The minimum Gasteiger partial charge on any atom is -0.481 e. The van der Waals surface area contributed by atoms with Gasteiger partial charge in [0.25, 0.3) is 0 Å². The molecular weight excluding hydrogens is 236 g/mol. The van der Waals surface area contributed by atoms with E-state index in [9.17, 15) is 14.4 Å². The van der Waals surface area contributed by atoms with E-state index < -0.39 is 17.9 Å². The third-order valence-electron chi connectivity index (χ3n) is 2.29. The Labute approximate surface area is 107 Å². The maximum absolute atomic E-state index is 11.5. The zero-order valence-electron chi connectivity index (χ0n) is 10.6. The van der Waals surface area contributed by atoms with E-state index in [1.54, 1.807) is 13.1 Å². The molecule has 0 radical (unpaired) electrons. The zero-order chi connectivity index (χ0) is 14.0. The van der Waals surface area contributed by atoms with Gasteiger partial charge in [-0.2, -0.15) is 0 Å². The van der Waals surface area contributed by atoms with Crippen LogP contribution in [-0.2, 0) is 9.59 Å². The minimum absolute atomic E-state index is 0.0402. The molecule has 6 heteroatoms. The largest absolute Gasteiger partial charge is 0.481 e. The van der Waals surface area contributed by atoms with Crippen molar-refractivity contribution in [2.75, 3.05) is 13.6 Å². The number of carboxylic acid groups (broad SMARTS) is 1. The fourth-order valence-electron chi connectivity index (χ4n) is 1.25. The van der Waals surface area contributed by atoms with Crippen LogP contribution in [0.5, 0.6) is 0 Å². The van der Waals surface area contributed by atoms with Gasteiger partial charge in [-0.3, -0.25) is 14.9 Å². The van der Waals surface area contributed by atoms with Crippen LogP contribution in [-0.4, -0.2) is 41.5 Å². The first-order valence-corrected chi connectivity index (χ1v) is 5.85. The molecule has 6 nitrogen and oxygen atoms in total. The van der Waals surface area contributed by atoms with Gasteiger partial charge in [-0.05, 0) is 19.3 Å². The van der Waals surface area contributed by atoms with Gasteiger partial charge in [0.1, 0.15) is 0 Å². The quantitative estimate of drug-likeness (QED) is 0.507. The molecule has 0 aromatic heterocycles. The number of carbonyl (C=O) groups is 3. The lowest BCUT2D eigenvalue weighted by atomic mass is 10.2. The molecule has 0 heterocycles. The second-order valence-electron chi connectivity index (χ2n) is 3.95. The summed E-state index contributed by atoms with van der Waals surface area (Å²) in [6, 6.07) is -0.459. The molecule has 0 fully saturated rings. The molecule has 0 spiro atoms. The molecule has 0 aliphatic rings. The van der Waals surface area contributed by atoms with E-state index in [4.69, 9.17) is 5.11 Å². The number of nitrogens with one attached hydrogen (secondary N) is 1. The number of nitrogens with zero attached hydrogens (tertiary/aromatic N) is 1. The van der Waals surface area contributed by atoms with Gasteiger partial charge in [0, 0.05) is 26.4 Å². The van der Waals surface area contributed by atoms with Crippen LogP contribution in [0.2, 0.25) is 0 Å². The van der Waals surface area contributed by atoms with E-state index in [0.717, 1.165) is 12.8 Å². The predicted molar refractivity (Wildman–Crippen MR) is 67.1 cm³/mol. The van der Waals surface area contributed by atoms with Gasteiger partial charge in [0.2, 0.25) is 5.91 Å². The number of urea groups is 1. The molecule has 2 N–H and O–H groups in total. The van der Waals surface area contributed by atoms with E-state index in [1.165, 1.54) is 4.90 Å². The maximum Gasteiger partial charge on any atom is 0.323 e. The Morgan fingerprint density at radius 2 is 1.94 bits per heavy atom. The summed E-state index contributed by atoms with van der Waals surface area (Å²) in [6.45, 7) is 4.12. The topological polar surface area (TPSA) is 86.7 Å². The smallest absolute Gasteiger partial charge is 0.323 e. The molecule has 0 atom stereocenters. The van der Waals surface area contributed by atoms with Crippen LogP contribution >= 0.6 is 0 Å². The van der Waals surface area contributed by atoms with E-state index >= 15 is 0 Å². The van der Waals surface area contributed by atoms with Crippen molar-refractivity contribution >= 4 is 17.9 Å². The molecule has 0 rings (SSSR count). The van der Waals surface area contributed by atoms with Crippen molar-refractivity contribution in [1.29, 1.82) is 0 Å². The Balaban J connectivity index is 3.81. The van der Waals surface area contributed by atoms with Crippen LogP contribution in [0.3, 0.4) is 0 Å². The average Bonchev–Trinajstić information content (AvgIpc) is 2.28. The molecule has 3 amide bonds. The molecule has 0 aliphatic carbocycles. The van der Waals surface area contributed by atoms with Gasteiger partial charge < -0.3 is 10.0 Å². The fraction of sp³-hybridized carbons (Fsp3) is 0.583. The van der Waals surface area contributed by atoms with Gasteiger partial charge in [-0.1, -0.05) is 6.08 Å². The SMILES string of the molecule is C=CCCCN(C)C(=O)NC(=O)CCCC(=O)O. The zero-order valence-corrected chi connectivity index (χ0v) is 10.6. The highest BCUT2D eigenvalue weighted by atomic mass is 16.4. The predicted octanol–water partition coefficient (Wildman–Crippen LogP) is 1.38. The van der Waals surface area contributed by atoms with Gasteiger partial charge in [0.05, 0.1) is 0 Å². The van der Waals surface area contributed by atoms with Crippen molar-refractivity contribution in [3.8, 4) is 0 Å². The van der Waals surface area contributed by atoms with Crippen molar-refractivity contribution in [2.45, 2.75) is 32.1 Å². The standard InChI is InChI=1S/C12H20N2O4/c1-3-4-5-9-14(2)12(18)13-10(15)7-6-8-11(16)17/h3H,1,4-9H2,2H3,(H,16,17)(H,13,15,18). The van der Waals surface area contributed by atoms with Crippen LogP contribution < -0.4 is 5.32 Å². The molecule has 0 aromatic rings. The maximum atomic E-state index is 11.5. The van der Waals surface area contributed by atoms with E-state index in [-0.39, 0.29) is 19.3 Å². The fourth-order valence-corrected chi connectivity index (χ4v) is 1.25. The third kappa shape index (κ3) is 8.32. The Hall–Kier alpha value is -1.85. The van der Waals surface area contributed by atoms with Gasteiger partial charge in [0.15, 0.2) is 0 Å². The molecule has 18 heavy (non-hydrogen) atoms. The summed E-state index contributed by atoms with van der Waals surface area (Å²) in [7, 11) is 1.60. The van der Waals surface area contributed by atoms with Gasteiger partial charge >= 0.3 is 12.0 Å². The van der Waals surface area contributed by atoms with Gasteiger partial charge in [-0.15, -0.1) is 6.58 Å². The number of carbonyl (C=O) groups excluding carboxylic acids is 2. The summed E-state index contributed by atoms with van der Waals surface area (Å²) in [5.41, 5.74) is 0. The van der Waals surface area contributed by atoms with E-state index in [1.807, 2.05) is 0 Å². The molecule has 0 saturated heterocycles. The number of rotatable bonds is 8. The normalized spacial score (nSPS) is 9.61. The molecule has 0 aromatic carbocycles. The monoisotopic (exact) mass is 256 g/mol. The van der Waals surface area contributed by atoms with Crippen LogP contribution in [0, 0.1) is 0 Å². The van der Waals surface area contributed by atoms with Crippen LogP contribution in [0.25, 0.3) is 0 Å². The van der Waals surface area contributed by atoms with Crippen molar-refractivity contribution < 1.29 is 19.5 Å². The highest BCUT2D eigenvalue weighted by Crippen LogP contribution is 1.97. The molecule has 0 bridgehead atoms. The second-order valence-corrected chi connectivity index (χ2v) is 3.95. The van der Waals surface area contributed by atoms with Crippen LogP contribution in [0.4, 0.5) is 4.79 Å². The number of amides is 3. The Bertz CT molecular complexity index is 315. The first-order chi connectivity index (χ1) is 8.47. The third-order valence-corrected chi connectivity index (χ3v) is 2.29. The summed E-state index contributed by atoms with van der Waals surface area (Å²) in [4.78, 5) is 34.5. The van der Waals surface area contributed by atoms with Crippen molar-refractivity contribution in [3.63, 3.8) is 0 Å². The number of carboxylic acids is 1. The second kappa shape index (κ2) is 9.21. The summed E-state index contributed by atoms with van der Waals surface area (Å²) in [5.74, 6) is -1.40. The minimum atomic E-state index is -0.948. The number of hydrogen-bond acceptors (Lipinski definition) is 3. The van der Waals surface area contributed by atoms with Crippen LogP contribution in [0.1, 0.15) is 32.1 Å². The number of imide groups is 1. The summed E-state index contributed by atoms with van der Waals surface area (Å²) in [5, 5.41) is 10.6. The molecule has 0 unspecified atom stereocenters. The average molecular weight is 256 g/mol. The number of allylic oxidation sites excluding steroid dienone is 1. The summed E-state index contributed by atoms with van der Waals surface area (Å²) >= 11 is 0. The Morgan fingerprint density at radius 3 is 2.50 bits per heavy atom. The van der Waals surface area contributed by atoms with Gasteiger partial charge in [-0.25, -0.2) is 4.79 Å². The highest BCUT2D eigenvalue weighted by molar-refractivity contribution is 5.94. The van der Waals surface area contributed by atoms with Crippen molar-refractivity contribution in [1.82, 2.24) is 10.2 Å². The molecule has 0 aliphatic heterocycles. The first-order valence-electron chi connectivity index (χ1n) is 5.85. The lowest BCUT2D eigenvalue weighted by Gasteiger charge is -2.16. The molecule has 102 valence electrons. The summed E-state index contributed by atoms with van der Waals surface area (Å²) in [6.07, 6.45) is 3.57.